The Hall–Kier alpha value is -0.570. The van der Waals surface area contributed by atoms with Gasteiger partial charge in [-0.15, -0.1) is 0 Å². The topological polar surface area (TPSA) is 46.5 Å². The van der Waals surface area contributed by atoms with Gasteiger partial charge in [0.2, 0.25) is 0 Å². The van der Waals surface area contributed by atoms with Crippen LogP contribution in [0.25, 0.3) is 0 Å². The molecule has 0 saturated carbocycles. The third-order valence-corrected chi connectivity index (χ3v) is 1.31. The maximum absolute atomic E-state index is 10.6. The van der Waals surface area contributed by atoms with Crippen molar-refractivity contribution in [2.45, 2.75) is 25.9 Å². The summed E-state index contributed by atoms with van der Waals surface area (Å²) in [6.45, 7) is 3.15. The van der Waals surface area contributed by atoms with Crippen LogP contribution in [-0.2, 0) is 9.53 Å². The molecule has 0 aromatic heterocycles. The Morgan fingerprint density at radius 1 is 1.78 bits per heavy atom. The summed E-state index contributed by atoms with van der Waals surface area (Å²) >= 11 is 0. The standard InChI is InChI=1S/C6H12O3/c1-4-6(2,8)5(7)9-3/h8H,4H2,1-3H3/t6-/m0/s1. The molecule has 0 aromatic rings. The Labute approximate surface area is 54.6 Å². The third kappa shape index (κ3) is 2.01. The van der Waals surface area contributed by atoms with E-state index in [1.54, 1.807) is 6.92 Å². The van der Waals surface area contributed by atoms with E-state index in [9.17, 15) is 4.79 Å². The summed E-state index contributed by atoms with van der Waals surface area (Å²) in [5, 5.41) is 9.12. The lowest BCUT2D eigenvalue weighted by molar-refractivity contribution is -0.160. The maximum atomic E-state index is 10.6. The van der Waals surface area contributed by atoms with Gasteiger partial charge in [0, 0.05) is 0 Å². The van der Waals surface area contributed by atoms with Crippen molar-refractivity contribution >= 4 is 5.97 Å². The van der Waals surface area contributed by atoms with Crippen molar-refractivity contribution in [3.63, 3.8) is 0 Å². The third-order valence-electron chi connectivity index (χ3n) is 1.31. The molecule has 0 aliphatic rings. The van der Waals surface area contributed by atoms with Crippen molar-refractivity contribution in [1.29, 1.82) is 0 Å². The predicted octanol–water partition coefficient (Wildman–Crippen LogP) is 0.320. The monoisotopic (exact) mass is 132 g/mol. The molecule has 0 unspecified atom stereocenters. The van der Waals surface area contributed by atoms with Crippen LogP contribution in [0.1, 0.15) is 20.3 Å². The predicted molar refractivity (Wildman–Crippen MR) is 32.9 cm³/mol. The molecule has 1 N–H and O–H groups in total. The first-order valence-electron chi connectivity index (χ1n) is 2.85. The van der Waals surface area contributed by atoms with Crippen LogP contribution in [0, 0.1) is 0 Å². The van der Waals surface area contributed by atoms with Crippen LogP contribution >= 0.6 is 0 Å². The van der Waals surface area contributed by atoms with E-state index in [2.05, 4.69) is 4.74 Å². The Morgan fingerprint density at radius 2 is 2.22 bits per heavy atom. The minimum Gasteiger partial charge on any atom is -0.467 e. The van der Waals surface area contributed by atoms with Crippen molar-refractivity contribution in [3.8, 4) is 0 Å². The van der Waals surface area contributed by atoms with Gasteiger partial charge in [-0.1, -0.05) is 6.92 Å². The van der Waals surface area contributed by atoms with Crippen LogP contribution in [0.5, 0.6) is 0 Å². The molecule has 0 rings (SSSR count). The number of ether oxygens (including phenoxy) is 1. The normalized spacial score (nSPS) is 16.4. The highest BCUT2D eigenvalue weighted by molar-refractivity contribution is 5.78. The van der Waals surface area contributed by atoms with E-state index < -0.39 is 11.6 Å². The van der Waals surface area contributed by atoms with E-state index in [0.717, 1.165) is 0 Å². The molecule has 3 nitrogen and oxygen atoms in total. The smallest absolute Gasteiger partial charge is 0.337 e. The molecule has 0 spiro atoms. The molecule has 0 aliphatic heterocycles. The van der Waals surface area contributed by atoms with Crippen LogP contribution in [0.3, 0.4) is 0 Å². The fourth-order valence-electron chi connectivity index (χ4n) is 0.364. The van der Waals surface area contributed by atoms with Crippen molar-refractivity contribution in [1.82, 2.24) is 0 Å². The Kier molecular flexibility index (Phi) is 2.65. The summed E-state index contributed by atoms with van der Waals surface area (Å²) in [5.74, 6) is -0.579. The van der Waals surface area contributed by atoms with E-state index in [-0.39, 0.29) is 0 Å². The number of aliphatic hydroxyl groups is 1. The summed E-state index contributed by atoms with van der Waals surface area (Å²) in [6.07, 6.45) is 0.375. The van der Waals surface area contributed by atoms with Gasteiger partial charge in [-0.3, -0.25) is 0 Å². The quantitative estimate of drug-likeness (QED) is 0.550. The molecule has 0 saturated heterocycles. The van der Waals surface area contributed by atoms with E-state index in [0.29, 0.717) is 6.42 Å². The van der Waals surface area contributed by atoms with Gasteiger partial charge in [0.25, 0.3) is 0 Å². The van der Waals surface area contributed by atoms with Gasteiger partial charge in [0.15, 0.2) is 5.60 Å². The molecule has 0 amide bonds. The van der Waals surface area contributed by atoms with Crippen molar-refractivity contribution < 1.29 is 14.6 Å². The number of methoxy groups -OCH3 is 1. The Bertz CT molecular complexity index is 107. The molecule has 0 heterocycles. The lowest BCUT2D eigenvalue weighted by atomic mass is 10.1. The number of hydrogen-bond donors (Lipinski definition) is 1. The molecular formula is C6H12O3. The Balaban J connectivity index is 3.97. The number of carbonyl (C=O) groups excluding carboxylic acids is 1. The Morgan fingerprint density at radius 3 is 2.33 bits per heavy atom. The summed E-state index contributed by atoms with van der Waals surface area (Å²) in [6, 6.07) is 0. The van der Waals surface area contributed by atoms with Crippen LogP contribution < -0.4 is 0 Å². The fraction of sp³-hybridized carbons (Fsp3) is 0.833. The van der Waals surface area contributed by atoms with Gasteiger partial charge in [0.1, 0.15) is 0 Å². The van der Waals surface area contributed by atoms with Crippen molar-refractivity contribution in [2.75, 3.05) is 7.11 Å². The average Bonchev–Trinajstić information content (AvgIpc) is 1.86. The molecule has 0 aromatic carbocycles. The molecule has 3 heteroatoms. The molecule has 54 valence electrons. The highest BCUT2D eigenvalue weighted by Crippen LogP contribution is 2.09. The summed E-state index contributed by atoms with van der Waals surface area (Å²) in [5.41, 5.74) is -1.31. The average molecular weight is 132 g/mol. The van der Waals surface area contributed by atoms with Crippen molar-refractivity contribution in [3.05, 3.63) is 0 Å². The highest BCUT2D eigenvalue weighted by atomic mass is 16.5. The summed E-state index contributed by atoms with van der Waals surface area (Å²) < 4.78 is 4.32. The lowest BCUT2D eigenvalue weighted by Crippen LogP contribution is -2.35. The molecule has 9 heavy (non-hydrogen) atoms. The first kappa shape index (κ1) is 8.43. The number of rotatable bonds is 2. The van der Waals surface area contributed by atoms with E-state index in [4.69, 9.17) is 5.11 Å². The number of esters is 1. The first-order valence-corrected chi connectivity index (χ1v) is 2.85. The molecule has 0 fully saturated rings. The van der Waals surface area contributed by atoms with Gasteiger partial charge in [-0.05, 0) is 13.3 Å². The molecule has 0 radical (unpaired) electrons. The number of hydrogen-bond acceptors (Lipinski definition) is 3. The molecular weight excluding hydrogens is 120 g/mol. The van der Waals surface area contributed by atoms with Gasteiger partial charge in [-0.25, -0.2) is 4.79 Å². The second-order valence-corrected chi connectivity index (χ2v) is 2.12. The van der Waals surface area contributed by atoms with Crippen LogP contribution in [0.15, 0.2) is 0 Å². The minimum atomic E-state index is -1.31. The van der Waals surface area contributed by atoms with Crippen LogP contribution in [0.2, 0.25) is 0 Å². The highest BCUT2D eigenvalue weighted by Gasteiger charge is 2.28. The molecule has 0 aliphatic carbocycles. The second kappa shape index (κ2) is 2.82. The molecule has 0 bridgehead atoms. The zero-order valence-electron chi connectivity index (χ0n) is 5.97. The first-order chi connectivity index (χ1) is 4.04. The van der Waals surface area contributed by atoms with Gasteiger partial charge >= 0.3 is 5.97 Å². The minimum absolute atomic E-state index is 0.375. The van der Waals surface area contributed by atoms with Gasteiger partial charge < -0.3 is 9.84 Å². The second-order valence-electron chi connectivity index (χ2n) is 2.12. The van der Waals surface area contributed by atoms with Crippen LogP contribution in [0.4, 0.5) is 0 Å². The zero-order chi connectivity index (χ0) is 7.49. The summed E-state index contributed by atoms with van der Waals surface area (Å²) in [7, 11) is 1.26. The van der Waals surface area contributed by atoms with Gasteiger partial charge in [-0.2, -0.15) is 0 Å². The number of carbonyl (C=O) groups is 1. The van der Waals surface area contributed by atoms with Crippen LogP contribution in [-0.4, -0.2) is 23.8 Å². The largest absolute Gasteiger partial charge is 0.467 e. The van der Waals surface area contributed by atoms with E-state index in [1.807, 2.05) is 0 Å². The zero-order valence-corrected chi connectivity index (χ0v) is 5.97. The van der Waals surface area contributed by atoms with E-state index in [1.165, 1.54) is 14.0 Å². The summed E-state index contributed by atoms with van der Waals surface area (Å²) in [4.78, 5) is 10.6. The lowest BCUT2D eigenvalue weighted by Gasteiger charge is -2.16. The molecule has 1 atom stereocenters. The fourth-order valence-corrected chi connectivity index (χ4v) is 0.364. The maximum Gasteiger partial charge on any atom is 0.337 e. The SMILES string of the molecule is CC[C@](C)(O)C(=O)OC. The van der Waals surface area contributed by atoms with E-state index >= 15 is 0 Å². The van der Waals surface area contributed by atoms with Gasteiger partial charge in [0.05, 0.1) is 7.11 Å². The van der Waals surface area contributed by atoms with Crippen molar-refractivity contribution in [2.24, 2.45) is 0 Å².